The van der Waals surface area contributed by atoms with E-state index in [4.69, 9.17) is 37.2 Å². The van der Waals surface area contributed by atoms with E-state index < -0.39 is 28.3 Å². The van der Waals surface area contributed by atoms with Crippen LogP contribution in [0.5, 0.6) is 5.88 Å². The van der Waals surface area contributed by atoms with Crippen molar-refractivity contribution in [3.63, 3.8) is 0 Å². The number of halogens is 2. The normalized spacial score (nSPS) is 18.0. The number of sulfonamides is 1. The summed E-state index contributed by atoms with van der Waals surface area (Å²) in [7, 11) is -3.34. The van der Waals surface area contributed by atoms with Crippen molar-refractivity contribution in [3.05, 3.63) is 40.5 Å². The fraction of sp³-hybridized carbons (Fsp3) is 0.389. The van der Waals surface area contributed by atoms with Crippen molar-refractivity contribution in [2.24, 2.45) is 0 Å². The zero-order chi connectivity index (χ0) is 21.6. The largest absolute Gasteiger partial charge is 0.496 e. The summed E-state index contributed by atoms with van der Waals surface area (Å²) < 4.78 is 45.4. The van der Waals surface area contributed by atoms with Gasteiger partial charge >= 0.3 is 7.12 Å². The monoisotopic (exact) mass is 458 g/mol. The highest BCUT2D eigenvalue weighted by Crippen LogP contribution is 2.37. The molecule has 0 bridgehead atoms. The van der Waals surface area contributed by atoms with Crippen LogP contribution in [0, 0.1) is 0 Å². The number of methoxy groups -OCH3 is 1. The molecule has 3 rings (SSSR count). The van der Waals surface area contributed by atoms with Crippen molar-refractivity contribution in [2.45, 2.75) is 43.8 Å². The molecule has 1 N–H and O–H groups in total. The highest BCUT2D eigenvalue weighted by molar-refractivity contribution is 7.92. The first-order valence-corrected chi connectivity index (χ1v) is 11.0. The number of nitrogens with zero attached hydrogens (tertiary/aromatic N) is 1. The van der Waals surface area contributed by atoms with E-state index in [1.807, 2.05) is 27.7 Å². The number of hydrogen-bond acceptors (Lipinski definition) is 6. The molecule has 0 aliphatic carbocycles. The van der Waals surface area contributed by atoms with Crippen molar-refractivity contribution in [1.29, 1.82) is 0 Å². The molecule has 1 aliphatic rings. The molecule has 0 atom stereocenters. The molecule has 29 heavy (non-hydrogen) atoms. The minimum atomic E-state index is -4.02. The van der Waals surface area contributed by atoms with Gasteiger partial charge in [-0.15, -0.1) is 0 Å². The van der Waals surface area contributed by atoms with Gasteiger partial charge in [0, 0.05) is 16.7 Å². The quantitative estimate of drug-likeness (QED) is 0.690. The van der Waals surface area contributed by atoms with Crippen LogP contribution in [0.4, 0.5) is 5.69 Å². The molecule has 0 spiro atoms. The molecular weight excluding hydrogens is 438 g/mol. The Balaban J connectivity index is 1.96. The predicted octanol–water partition coefficient (Wildman–Crippen LogP) is 3.50. The summed E-state index contributed by atoms with van der Waals surface area (Å²) in [5.74, 6) is 0.0962. The Bertz CT molecular complexity index is 1030. The van der Waals surface area contributed by atoms with Gasteiger partial charge in [-0.1, -0.05) is 23.2 Å². The second kappa shape index (κ2) is 7.63. The van der Waals surface area contributed by atoms with E-state index >= 15 is 0 Å². The van der Waals surface area contributed by atoms with Crippen LogP contribution < -0.4 is 14.9 Å². The number of hydrogen-bond donors (Lipinski definition) is 1. The van der Waals surface area contributed by atoms with Crippen LogP contribution in [0.1, 0.15) is 27.7 Å². The van der Waals surface area contributed by atoms with Gasteiger partial charge in [0.25, 0.3) is 10.0 Å². The zero-order valence-corrected chi connectivity index (χ0v) is 18.9. The maximum absolute atomic E-state index is 12.9. The van der Waals surface area contributed by atoms with Crippen LogP contribution in [-0.4, -0.2) is 38.8 Å². The molecule has 2 aromatic rings. The number of pyridine rings is 1. The summed E-state index contributed by atoms with van der Waals surface area (Å²) >= 11 is 11.9. The fourth-order valence-electron chi connectivity index (χ4n) is 2.71. The van der Waals surface area contributed by atoms with E-state index in [0.717, 1.165) is 0 Å². The lowest BCUT2D eigenvalue weighted by Crippen LogP contribution is -2.41. The molecule has 0 unspecified atom stereocenters. The zero-order valence-electron chi connectivity index (χ0n) is 16.6. The highest BCUT2D eigenvalue weighted by atomic mass is 35.5. The average molecular weight is 459 g/mol. The maximum Gasteiger partial charge on any atom is 0.496 e. The maximum atomic E-state index is 12.9. The summed E-state index contributed by atoms with van der Waals surface area (Å²) in [6.07, 6.45) is 1.52. The van der Waals surface area contributed by atoms with Crippen molar-refractivity contribution < 1.29 is 22.5 Å². The summed E-state index contributed by atoms with van der Waals surface area (Å²) in [6, 6.07) is 5.69. The molecule has 2 heterocycles. The van der Waals surface area contributed by atoms with Gasteiger partial charge in [0.2, 0.25) is 5.88 Å². The van der Waals surface area contributed by atoms with Gasteiger partial charge in [0.05, 0.1) is 23.3 Å². The SMILES string of the molecule is COc1ncc(B2OC(C)(C)C(C)(C)O2)cc1NS(=O)(=O)c1ccc(Cl)cc1Cl. The Morgan fingerprint density at radius 1 is 1.10 bits per heavy atom. The molecule has 7 nitrogen and oxygen atoms in total. The van der Waals surface area contributed by atoms with Crippen molar-refractivity contribution >= 4 is 51.5 Å². The summed E-state index contributed by atoms with van der Waals surface area (Å²) in [5, 5.41) is 0.329. The number of anilines is 1. The van der Waals surface area contributed by atoms with E-state index in [9.17, 15) is 8.42 Å². The van der Waals surface area contributed by atoms with Gasteiger partial charge in [-0.25, -0.2) is 13.4 Å². The average Bonchev–Trinajstić information content (AvgIpc) is 2.81. The minimum Gasteiger partial charge on any atom is -0.480 e. The second-order valence-corrected chi connectivity index (χ2v) is 10.1. The molecule has 1 aliphatic heterocycles. The number of nitrogens with one attached hydrogen (secondary N) is 1. The third-order valence-electron chi connectivity index (χ3n) is 5.02. The van der Waals surface area contributed by atoms with Gasteiger partial charge < -0.3 is 14.0 Å². The summed E-state index contributed by atoms with van der Waals surface area (Å²) in [4.78, 5) is 4.07. The molecular formula is C18H21BCl2N2O5S. The van der Waals surface area contributed by atoms with Crippen molar-refractivity contribution in [1.82, 2.24) is 4.98 Å². The minimum absolute atomic E-state index is 0.000889. The van der Waals surface area contributed by atoms with Gasteiger partial charge in [-0.2, -0.15) is 0 Å². The molecule has 0 saturated carbocycles. The number of ether oxygens (including phenoxy) is 1. The standard InChI is InChI=1S/C18H21BCl2N2O5S/c1-17(2)18(3,4)28-19(27-17)11-8-14(16(26-5)22-10-11)23-29(24,25)15-7-6-12(20)9-13(15)21/h6-10,23H,1-5H3. The van der Waals surface area contributed by atoms with Gasteiger partial charge in [-0.05, 0) is 52.0 Å². The molecule has 1 fully saturated rings. The Morgan fingerprint density at radius 3 is 2.28 bits per heavy atom. The third-order valence-corrected chi connectivity index (χ3v) is 7.10. The first-order valence-electron chi connectivity index (χ1n) is 8.74. The Morgan fingerprint density at radius 2 is 1.72 bits per heavy atom. The summed E-state index contributed by atoms with van der Waals surface area (Å²) in [6.45, 7) is 7.71. The Labute approximate surface area is 180 Å². The molecule has 156 valence electrons. The van der Waals surface area contributed by atoms with Crippen LogP contribution in [0.25, 0.3) is 0 Å². The predicted molar refractivity (Wildman–Crippen MR) is 114 cm³/mol. The van der Waals surface area contributed by atoms with Crippen molar-refractivity contribution in [3.8, 4) is 5.88 Å². The van der Waals surface area contributed by atoms with Gasteiger partial charge in [0.1, 0.15) is 10.6 Å². The van der Waals surface area contributed by atoms with Gasteiger partial charge in [0.15, 0.2) is 0 Å². The molecule has 0 amide bonds. The van der Waals surface area contributed by atoms with E-state index in [0.29, 0.717) is 10.5 Å². The van der Waals surface area contributed by atoms with E-state index in [-0.39, 0.29) is 21.5 Å². The van der Waals surface area contributed by atoms with Crippen LogP contribution in [0.3, 0.4) is 0 Å². The Kier molecular flexibility index (Phi) is 5.83. The molecule has 1 aromatic carbocycles. The van der Waals surface area contributed by atoms with Gasteiger partial charge in [-0.3, -0.25) is 4.72 Å². The topological polar surface area (TPSA) is 86.8 Å². The second-order valence-electron chi connectivity index (χ2n) is 7.59. The number of rotatable bonds is 5. The lowest BCUT2D eigenvalue weighted by Gasteiger charge is -2.32. The van der Waals surface area contributed by atoms with E-state index in [1.165, 1.54) is 31.5 Å². The third kappa shape index (κ3) is 4.34. The molecule has 11 heteroatoms. The number of benzene rings is 1. The van der Waals surface area contributed by atoms with Crippen LogP contribution in [0.15, 0.2) is 35.4 Å². The summed E-state index contributed by atoms with van der Waals surface area (Å²) in [5.41, 5.74) is -0.419. The first kappa shape index (κ1) is 22.2. The molecule has 1 aromatic heterocycles. The number of aromatic nitrogens is 1. The van der Waals surface area contributed by atoms with Crippen molar-refractivity contribution in [2.75, 3.05) is 11.8 Å². The smallest absolute Gasteiger partial charge is 0.480 e. The van der Waals surface area contributed by atoms with Crippen LogP contribution in [-0.2, 0) is 19.3 Å². The lowest BCUT2D eigenvalue weighted by atomic mass is 9.80. The van der Waals surface area contributed by atoms with E-state index in [2.05, 4.69) is 9.71 Å². The van der Waals surface area contributed by atoms with E-state index in [1.54, 1.807) is 6.07 Å². The fourth-order valence-corrected chi connectivity index (χ4v) is 4.53. The van der Waals surface area contributed by atoms with Crippen LogP contribution in [0.2, 0.25) is 10.0 Å². The molecule has 1 saturated heterocycles. The first-order chi connectivity index (χ1) is 13.4. The molecule has 0 radical (unpaired) electrons. The Hall–Kier alpha value is -1.52. The highest BCUT2D eigenvalue weighted by Gasteiger charge is 2.52. The lowest BCUT2D eigenvalue weighted by molar-refractivity contribution is 0.00578. The van der Waals surface area contributed by atoms with Crippen LogP contribution >= 0.6 is 23.2 Å².